The van der Waals surface area contributed by atoms with Crippen LogP contribution in [-0.4, -0.2) is 13.7 Å². The Morgan fingerprint density at radius 3 is 2.65 bits per heavy atom. The van der Waals surface area contributed by atoms with Crippen molar-refractivity contribution in [2.24, 2.45) is 5.73 Å². The quantitative estimate of drug-likeness (QED) is 0.876. The maximum absolute atomic E-state index is 6.18. The van der Waals surface area contributed by atoms with Crippen LogP contribution in [0.5, 0.6) is 11.5 Å². The number of ether oxygens (including phenoxy) is 2. The fourth-order valence-corrected chi connectivity index (χ4v) is 2.10. The van der Waals surface area contributed by atoms with Crippen LogP contribution in [0, 0.1) is 0 Å². The summed E-state index contributed by atoms with van der Waals surface area (Å²) in [4.78, 5) is 0. The molecule has 2 aromatic rings. The monoisotopic (exact) mass is 271 g/mol. The zero-order valence-corrected chi connectivity index (χ0v) is 12.0. The van der Waals surface area contributed by atoms with Crippen LogP contribution in [0.4, 0.5) is 0 Å². The largest absolute Gasteiger partial charge is 0.496 e. The summed E-state index contributed by atoms with van der Waals surface area (Å²) in [7, 11) is 1.65. The van der Waals surface area contributed by atoms with E-state index in [9.17, 15) is 0 Å². The molecule has 0 aromatic heterocycles. The van der Waals surface area contributed by atoms with Crippen molar-refractivity contribution in [2.75, 3.05) is 13.7 Å². The van der Waals surface area contributed by atoms with Crippen LogP contribution < -0.4 is 15.2 Å². The molecule has 2 rings (SSSR count). The van der Waals surface area contributed by atoms with Gasteiger partial charge in [-0.05, 0) is 30.2 Å². The lowest BCUT2D eigenvalue weighted by molar-refractivity contribution is 0.286. The highest BCUT2D eigenvalue weighted by atomic mass is 16.5. The Labute approximate surface area is 120 Å². The van der Waals surface area contributed by atoms with Gasteiger partial charge in [0.1, 0.15) is 18.1 Å². The van der Waals surface area contributed by atoms with E-state index in [1.165, 1.54) is 5.56 Å². The van der Waals surface area contributed by atoms with Crippen molar-refractivity contribution in [1.82, 2.24) is 0 Å². The predicted octanol–water partition coefficient (Wildman–Crippen LogP) is 3.34. The highest BCUT2D eigenvalue weighted by Gasteiger charge is 2.12. The minimum absolute atomic E-state index is 0.212. The molecular weight excluding hydrogens is 250 g/mol. The summed E-state index contributed by atoms with van der Waals surface area (Å²) in [5.41, 5.74) is 8.40. The Morgan fingerprint density at radius 1 is 1.10 bits per heavy atom. The summed E-state index contributed by atoms with van der Waals surface area (Å²) in [5.74, 6) is 1.65. The van der Waals surface area contributed by atoms with E-state index < -0.39 is 0 Å². The summed E-state index contributed by atoms with van der Waals surface area (Å²) in [6.07, 6.45) is 0.996. The van der Waals surface area contributed by atoms with Gasteiger partial charge in [0.25, 0.3) is 0 Å². The third-order valence-corrected chi connectivity index (χ3v) is 3.27. The number of nitrogens with two attached hydrogens (primary N) is 1. The molecule has 106 valence electrons. The van der Waals surface area contributed by atoms with Crippen molar-refractivity contribution in [3.8, 4) is 11.5 Å². The van der Waals surface area contributed by atoms with Crippen LogP contribution in [0.3, 0.4) is 0 Å². The molecule has 3 nitrogen and oxygen atoms in total. The number of rotatable bonds is 6. The zero-order valence-electron chi connectivity index (χ0n) is 12.0. The Balaban J connectivity index is 2.02. The van der Waals surface area contributed by atoms with Gasteiger partial charge in [-0.2, -0.15) is 0 Å². The summed E-state index contributed by atoms with van der Waals surface area (Å²) in [6, 6.07) is 15.6. The van der Waals surface area contributed by atoms with Gasteiger partial charge in [-0.3, -0.25) is 0 Å². The average Bonchev–Trinajstić information content (AvgIpc) is 2.52. The first kappa shape index (κ1) is 14.4. The van der Waals surface area contributed by atoms with E-state index in [1.807, 2.05) is 36.4 Å². The first-order valence-electron chi connectivity index (χ1n) is 6.84. The number of para-hydroxylation sites is 1. The van der Waals surface area contributed by atoms with Crippen molar-refractivity contribution in [3.63, 3.8) is 0 Å². The van der Waals surface area contributed by atoms with E-state index in [-0.39, 0.29) is 6.04 Å². The molecule has 0 bridgehead atoms. The molecule has 0 saturated heterocycles. The summed E-state index contributed by atoms with van der Waals surface area (Å²) in [5, 5.41) is 0. The average molecular weight is 271 g/mol. The van der Waals surface area contributed by atoms with Crippen LogP contribution in [0.15, 0.2) is 48.5 Å². The zero-order chi connectivity index (χ0) is 14.4. The molecule has 0 radical (unpaired) electrons. The Morgan fingerprint density at radius 2 is 1.90 bits per heavy atom. The molecule has 20 heavy (non-hydrogen) atoms. The second kappa shape index (κ2) is 6.96. The van der Waals surface area contributed by atoms with Gasteiger partial charge in [0.05, 0.1) is 13.2 Å². The van der Waals surface area contributed by atoms with Crippen LogP contribution >= 0.6 is 0 Å². The van der Waals surface area contributed by atoms with Gasteiger partial charge in [-0.25, -0.2) is 0 Å². The fourth-order valence-electron chi connectivity index (χ4n) is 2.10. The van der Waals surface area contributed by atoms with Crippen molar-refractivity contribution in [2.45, 2.75) is 19.4 Å². The third kappa shape index (κ3) is 3.52. The Bertz CT molecular complexity index is 554. The number of aryl methyl sites for hydroxylation is 1. The summed E-state index contributed by atoms with van der Waals surface area (Å²) < 4.78 is 11.1. The standard InChI is InChI=1S/C17H21NO2/c1-3-13-7-6-8-14(11-13)20-12-16(18)15-9-4-5-10-17(15)19-2/h4-11,16H,3,12,18H2,1-2H3. The van der Waals surface area contributed by atoms with Gasteiger partial charge < -0.3 is 15.2 Å². The van der Waals surface area contributed by atoms with Gasteiger partial charge in [-0.15, -0.1) is 0 Å². The molecule has 0 heterocycles. The van der Waals surface area contributed by atoms with Gasteiger partial charge in [0, 0.05) is 5.56 Å². The first-order valence-corrected chi connectivity index (χ1v) is 6.84. The first-order chi connectivity index (χ1) is 9.74. The minimum atomic E-state index is -0.212. The van der Waals surface area contributed by atoms with Crippen LogP contribution in [0.2, 0.25) is 0 Å². The Hall–Kier alpha value is -2.00. The topological polar surface area (TPSA) is 44.5 Å². The van der Waals surface area contributed by atoms with E-state index >= 15 is 0 Å². The van der Waals surface area contributed by atoms with Gasteiger partial charge in [0.15, 0.2) is 0 Å². The highest BCUT2D eigenvalue weighted by molar-refractivity contribution is 5.36. The molecule has 0 aliphatic carbocycles. The highest BCUT2D eigenvalue weighted by Crippen LogP contribution is 2.24. The molecule has 1 unspecified atom stereocenters. The van der Waals surface area contributed by atoms with E-state index in [0.717, 1.165) is 23.5 Å². The number of hydrogen-bond acceptors (Lipinski definition) is 3. The minimum Gasteiger partial charge on any atom is -0.496 e. The van der Waals surface area contributed by atoms with Gasteiger partial charge >= 0.3 is 0 Å². The normalized spacial score (nSPS) is 11.9. The second-order valence-corrected chi connectivity index (χ2v) is 4.66. The molecule has 0 fully saturated rings. The lowest BCUT2D eigenvalue weighted by Crippen LogP contribution is -2.19. The summed E-state index contributed by atoms with van der Waals surface area (Å²) in [6.45, 7) is 2.55. The summed E-state index contributed by atoms with van der Waals surface area (Å²) >= 11 is 0. The lowest BCUT2D eigenvalue weighted by Gasteiger charge is -2.16. The molecule has 0 aliphatic heterocycles. The Kier molecular flexibility index (Phi) is 5.02. The maximum atomic E-state index is 6.18. The van der Waals surface area contributed by atoms with E-state index in [4.69, 9.17) is 15.2 Å². The lowest BCUT2D eigenvalue weighted by atomic mass is 10.1. The van der Waals surface area contributed by atoms with Crippen molar-refractivity contribution < 1.29 is 9.47 Å². The number of benzene rings is 2. The molecule has 2 aromatic carbocycles. The number of hydrogen-bond donors (Lipinski definition) is 1. The van der Waals surface area contributed by atoms with Crippen molar-refractivity contribution in [3.05, 3.63) is 59.7 Å². The van der Waals surface area contributed by atoms with Crippen LogP contribution in [0.1, 0.15) is 24.1 Å². The molecule has 3 heteroatoms. The SMILES string of the molecule is CCc1cccc(OCC(N)c2ccccc2OC)c1. The molecule has 0 spiro atoms. The van der Waals surface area contributed by atoms with Crippen LogP contribution in [-0.2, 0) is 6.42 Å². The molecule has 2 N–H and O–H groups in total. The van der Waals surface area contributed by atoms with Crippen molar-refractivity contribution >= 4 is 0 Å². The van der Waals surface area contributed by atoms with Gasteiger partial charge in [-0.1, -0.05) is 37.3 Å². The second-order valence-electron chi connectivity index (χ2n) is 4.66. The smallest absolute Gasteiger partial charge is 0.123 e. The molecule has 0 saturated carbocycles. The predicted molar refractivity (Wildman–Crippen MR) is 81.2 cm³/mol. The third-order valence-electron chi connectivity index (χ3n) is 3.27. The molecule has 1 atom stereocenters. The van der Waals surface area contributed by atoms with E-state index in [0.29, 0.717) is 6.61 Å². The fraction of sp³-hybridized carbons (Fsp3) is 0.294. The number of methoxy groups -OCH3 is 1. The van der Waals surface area contributed by atoms with Crippen LogP contribution in [0.25, 0.3) is 0 Å². The van der Waals surface area contributed by atoms with E-state index in [1.54, 1.807) is 7.11 Å². The van der Waals surface area contributed by atoms with Crippen molar-refractivity contribution in [1.29, 1.82) is 0 Å². The molecule has 0 aliphatic rings. The maximum Gasteiger partial charge on any atom is 0.123 e. The molecule has 0 amide bonds. The molecular formula is C17H21NO2. The van der Waals surface area contributed by atoms with E-state index in [2.05, 4.69) is 19.1 Å². The van der Waals surface area contributed by atoms with Gasteiger partial charge in [0.2, 0.25) is 0 Å².